The van der Waals surface area contributed by atoms with E-state index in [0.29, 0.717) is 17.5 Å². The zero-order valence-corrected chi connectivity index (χ0v) is 8.90. The number of hydrogen-bond donors (Lipinski definition) is 2. The van der Waals surface area contributed by atoms with Gasteiger partial charge in [-0.05, 0) is 12.1 Å². The van der Waals surface area contributed by atoms with Crippen LogP contribution in [0.15, 0.2) is 18.2 Å². The van der Waals surface area contributed by atoms with E-state index in [2.05, 4.69) is 15.2 Å². The third-order valence-electron chi connectivity index (χ3n) is 2.30. The van der Waals surface area contributed by atoms with Crippen LogP contribution in [0, 0.1) is 0 Å². The minimum absolute atomic E-state index is 0.251. The summed E-state index contributed by atoms with van der Waals surface area (Å²) < 4.78 is 0. The molecule has 3 N–H and O–H groups in total. The van der Waals surface area contributed by atoms with Crippen molar-refractivity contribution in [2.24, 2.45) is 0 Å². The van der Waals surface area contributed by atoms with E-state index in [1.165, 1.54) is 5.06 Å². The van der Waals surface area contributed by atoms with Crippen LogP contribution in [0.3, 0.4) is 0 Å². The van der Waals surface area contributed by atoms with Crippen LogP contribution in [0.5, 0.6) is 5.75 Å². The number of anilines is 2. The maximum absolute atomic E-state index is 6.05. The average Bonchev–Trinajstić information content (AvgIpc) is 2.84. The summed E-state index contributed by atoms with van der Waals surface area (Å²) in [7, 11) is 0. The van der Waals surface area contributed by atoms with Crippen molar-refractivity contribution >= 4 is 23.5 Å². The number of halogens is 1. The monoisotopic (exact) mass is 237 g/mol. The number of fused-ring (bicyclic) bond motifs is 1. The lowest BCUT2D eigenvalue weighted by Gasteiger charge is -2.10. The molecule has 6 nitrogen and oxygen atoms in total. The predicted molar refractivity (Wildman–Crippen MR) is 59.1 cm³/mol. The first kappa shape index (κ1) is 9.29. The summed E-state index contributed by atoms with van der Waals surface area (Å²) in [5.41, 5.74) is 6.37. The molecule has 1 aromatic heterocycles. The van der Waals surface area contributed by atoms with Crippen molar-refractivity contribution in [2.75, 3.05) is 10.8 Å². The zero-order chi connectivity index (χ0) is 11.1. The second-order valence-electron chi connectivity index (χ2n) is 3.37. The van der Waals surface area contributed by atoms with Gasteiger partial charge in [0, 0.05) is 10.6 Å². The highest BCUT2D eigenvalue weighted by molar-refractivity contribution is 6.31. The van der Waals surface area contributed by atoms with Gasteiger partial charge < -0.3 is 10.6 Å². The molecule has 0 fully saturated rings. The van der Waals surface area contributed by atoms with E-state index >= 15 is 0 Å². The van der Waals surface area contributed by atoms with Crippen LogP contribution < -0.4 is 15.6 Å². The van der Waals surface area contributed by atoms with E-state index in [-0.39, 0.29) is 5.95 Å². The molecule has 1 aliphatic rings. The van der Waals surface area contributed by atoms with Gasteiger partial charge in [-0.1, -0.05) is 17.7 Å². The normalized spacial score (nSPS) is 13.7. The molecule has 0 atom stereocenters. The van der Waals surface area contributed by atoms with E-state index in [4.69, 9.17) is 22.2 Å². The van der Waals surface area contributed by atoms with Crippen molar-refractivity contribution in [3.05, 3.63) is 28.8 Å². The molecule has 2 heterocycles. The summed E-state index contributed by atoms with van der Waals surface area (Å²) in [6, 6.07) is 5.49. The highest BCUT2D eigenvalue weighted by Crippen LogP contribution is 2.34. The number of nitrogens with two attached hydrogens (primary N) is 1. The van der Waals surface area contributed by atoms with Gasteiger partial charge >= 0.3 is 0 Å². The zero-order valence-electron chi connectivity index (χ0n) is 8.14. The molecule has 0 amide bonds. The van der Waals surface area contributed by atoms with Gasteiger partial charge in [0.05, 0.1) is 6.54 Å². The molecule has 0 aliphatic carbocycles. The smallest absolute Gasteiger partial charge is 0.280 e. The topological polar surface area (TPSA) is 80.1 Å². The Morgan fingerprint density at radius 3 is 3.06 bits per heavy atom. The number of H-pyrrole nitrogens is 1. The molecule has 0 radical (unpaired) electrons. The van der Waals surface area contributed by atoms with Gasteiger partial charge in [-0.2, -0.15) is 10.0 Å². The van der Waals surface area contributed by atoms with Gasteiger partial charge in [0.15, 0.2) is 5.75 Å². The maximum atomic E-state index is 6.05. The maximum Gasteiger partial charge on any atom is 0.280 e. The van der Waals surface area contributed by atoms with E-state index in [9.17, 15) is 0 Å². The molecular formula is C9H8ClN5O. The Kier molecular flexibility index (Phi) is 1.90. The van der Waals surface area contributed by atoms with Crippen molar-refractivity contribution < 1.29 is 4.84 Å². The van der Waals surface area contributed by atoms with Crippen molar-refractivity contribution in [3.63, 3.8) is 0 Å². The quantitative estimate of drug-likeness (QED) is 0.783. The molecule has 3 rings (SSSR count). The number of aromatic nitrogens is 3. The summed E-state index contributed by atoms with van der Waals surface area (Å²) in [6.07, 6.45) is 0. The number of hydroxylamine groups is 1. The van der Waals surface area contributed by atoms with Crippen LogP contribution in [-0.4, -0.2) is 15.2 Å². The summed E-state index contributed by atoms with van der Waals surface area (Å²) in [6.45, 7) is 0.506. The van der Waals surface area contributed by atoms with Gasteiger partial charge in [0.1, 0.15) is 0 Å². The fourth-order valence-corrected chi connectivity index (χ4v) is 1.79. The fraction of sp³-hybridized carbons (Fsp3) is 0.111. The Morgan fingerprint density at radius 1 is 1.50 bits per heavy atom. The van der Waals surface area contributed by atoms with Crippen LogP contribution in [0.2, 0.25) is 5.02 Å². The van der Waals surface area contributed by atoms with Gasteiger partial charge in [-0.25, -0.2) is 5.10 Å². The third-order valence-corrected chi connectivity index (χ3v) is 2.65. The lowest BCUT2D eigenvalue weighted by Crippen LogP contribution is -2.21. The first-order valence-electron chi connectivity index (χ1n) is 4.65. The number of benzene rings is 1. The molecular weight excluding hydrogens is 230 g/mol. The predicted octanol–water partition coefficient (Wildman–Crippen LogP) is 1.35. The Bertz CT molecular complexity index is 540. The van der Waals surface area contributed by atoms with Gasteiger partial charge in [0.25, 0.3) is 5.95 Å². The van der Waals surface area contributed by atoms with Gasteiger partial charge in [-0.15, -0.1) is 5.10 Å². The molecule has 0 bridgehead atoms. The number of nitrogen functional groups attached to an aromatic ring is 1. The van der Waals surface area contributed by atoms with Crippen molar-refractivity contribution in [1.82, 2.24) is 15.2 Å². The van der Waals surface area contributed by atoms with Crippen LogP contribution in [0.25, 0.3) is 0 Å². The van der Waals surface area contributed by atoms with E-state index in [1.807, 2.05) is 18.2 Å². The highest BCUT2D eigenvalue weighted by Gasteiger charge is 2.26. The summed E-state index contributed by atoms with van der Waals surface area (Å²) in [5, 5.41) is 8.66. The van der Waals surface area contributed by atoms with Crippen molar-refractivity contribution in [2.45, 2.75) is 6.54 Å². The Balaban J connectivity index is 1.93. The first-order chi connectivity index (χ1) is 7.74. The number of hydrogen-bond acceptors (Lipinski definition) is 5. The minimum Gasteiger partial charge on any atom is -0.376 e. The fourth-order valence-electron chi connectivity index (χ4n) is 1.56. The molecule has 7 heteroatoms. The SMILES string of the molecule is Nc1nc(N2Cc3c(Cl)cccc3O2)n[nH]1. The van der Waals surface area contributed by atoms with Crippen LogP contribution in [-0.2, 0) is 6.54 Å². The summed E-state index contributed by atoms with van der Waals surface area (Å²) >= 11 is 6.05. The van der Waals surface area contributed by atoms with E-state index < -0.39 is 0 Å². The van der Waals surface area contributed by atoms with E-state index in [0.717, 1.165) is 11.3 Å². The molecule has 1 aliphatic heterocycles. The number of aromatic amines is 1. The molecule has 0 spiro atoms. The molecule has 0 saturated heterocycles. The molecule has 0 unspecified atom stereocenters. The summed E-state index contributed by atoms with van der Waals surface area (Å²) in [5.74, 6) is 1.36. The third kappa shape index (κ3) is 1.35. The van der Waals surface area contributed by atoms with Crippen LogP contribution in [0.4, 0.5) is 11.9 Å². The van der Waals surface area contributed by atoms with E-state index in [1.54, 1.807) is 0 Å². The Labute approximate surface area is 95.9 Å². The van der Waals surface area contributed by atoms with Crippen LogP contribution >= 0.6 is 11.6 Å². The molecule has 2 aromatic rings. The lowest BCUT2D eigenvalue weighted by molar-refractivity contribution is 0.301. The molecule has 16 heavy (non-hydrogen) atoms. The number of rotatable bonds is 1. The van der Waals surface area contributed by atoms with Crippen molar-refractivity contribution in [3.8, 4) is 5.75 Å². The summed E-state index contributed by atoms with van der Waals surface area (Å²) in [4.78, 5) is 9.51. The highest BCUT2D eigenvalue weighted by atomic mass is 35.5. The Hall–Kier alpha value is -1.95. The van der Waals surface area contributed by atoms with Gasteiger partial charge in [-0.3, -0.25) is 0 Å². The lowest BCUT2D eigenvalue weighted by atomic mass is 10.2. The van der Waals surface area contributed by atoms with Crippen LogP contribution in [0.1, 0.15) is 5.56 Å². The molecule has 0 saturated carbocycles. The molecule has 82 valence electrons. The Morgan fingerprint density at radius 2 is 2.38 bits per heavy atom. The van der Waals surface area contributed by atoms with Crippen molar-refractivity contribution in [1.29, 1.82) is 0 Å². The molecule has 1 aromatic carbocycles. The standard InChI is InChI=1S/C9H8ClN5O/c10-6-2-1-3-7-5(6)4-15(16-7)9-12-8(11)13-14-9/h1-3H,4H2,(H3,11,12,13,14). The first-order valence-corrected chi connectivity index (χ1v) is 5.02. The second kappa shape index (κ2) is 3.28. The minimum atomic E-state index is 0.251. The average molecular weight is 238 g/mol. The number of nitrogens with one attached hydrogen (secondary N) is 1. The van der Waals surface area contributed by atoms with Gasteiger partial charge in [0.2, 0.25) is 5.95 Å². The number of nitrogens with zero attached hydrogens (tertiary/aromatic N) is 3. The second-order valence-corrected chi connectivity index (χ2v) is 3.77. The largest absolute Gasteiger partial charge is 0.376 e.